The van der Waals surface area contributed by atoms with E-state index >= 15 is 0 Å². The fourth-order valence-electron chi connectivity index (χ4n) is 4.00. The molecule has 4 atom stereocenters. The highest BCUT2D eigenvalue weighted by atomic mass is 16.3. The van der Waals surface area contributed by atoms with Gasteiger partial charge in [-0.15, -0.1) is 0 Å². The number of aliphatic hydroxyl groups is 1. The molecule has 3 heteroatoms. The van der Waals surface area contributed by atoms with Crippen LogP contribution in [0.3, 0.4) is 0 Å². The summed E-state index contributed by atoms with van der Waals surface area (Å²) < 4.78 is 0. The fraction of sp³-hybridized carbons (Fsp3) is 1.00. The van der Waals surface area contributed by atoms with Crippen LogP contribution in [0.4, 0.5) is 0 Å². The van der Waals surface area contributed by atoms with Crippen molar-refractivity contribution in [2.45, 2.75) is 70.6 Å². The van der Waals surface area contributed by atoms with E-state index in [1.165, 1.54) is 45.2 Å². The van der Waals surface area contributed by atoms with Gasteiger partial charge in [-0.25, -0.2) is 0 Å². The highest BCUT2D eigenvalue weighted by Gasteiger charge is 2.36. The van der Waals surface area contributed by atoms with E-state index in [2.05, 4.69) is 30.7 Å². The van der Waals surface area contributed by atoms with Gasteiger partial charge in [-0.1, -0.05) is 20.3 Å². The van der Waals surface area contributed by atoms with Crippen molar-refractivity contribution in [1.29, 1.82) is 0 Å². The first-order chi connectivity index (χ1) is 9.15. The van der Waals surface area contributed by atoms with Crippen LogP contribution in [0.15, 0.2) is 0 Å². The zero-order chi connectivity index (χ0) is 13.8. The molecule has 112 valence electrons. The van der Waals surface area contributed by atoms with Crippen LogP contribution < -0.4 is 0 Å². The third-order valence-electron chi connectivity index (χ3n) is 5.31. The molecular weight excluding hydrogens is 236 g/mol. The van der Waals surface area contributed by atoms with Crippen LogP contribution in [0.25, 0.3) is 0 Å². The molecule has 1 aliphatic heterocycles. The van der Waals surface area contributed by atoms with Gasteiger partial charge in [-0.3, -0.25) is 4.90 Å². The standard InChI is InChI=1S/C16H32N2O/c1-4-13-7-8-16(19)15(11-13)18-10-6-9-17(3)12-14(18)5-2/h13-16,19H,4-12H2,1-3H3. The maximum absolute atomic E-state index is 10.5. The fourth-order valence-corrected chi connectivity index (χ4v) is 4.00. The topological polar surface area (TPSA) is 26.7 Å². The van der Waals surface area contributed by atoms with E-state index in [4.69, 9.17) is 0 Å². The van der Waals surface area contributed by atoms with E-state index in [9.17, 15) is 5.11 Å². The van der Waals surface area contributed by atoms with Crippen molar-refractivity contribution < 1.29 is 5.11 Å². The van der Waals surface area contributed by atoms with Crippen LogP contribution in [0, 0.1) is 5.92 Å². The van der Waals surface area contributed by atoms with Crippen molar-refractivity contribution in [3.05, 3.63) is 0 Å². The maximum atomic E-state index is 10.5. The van der Waals surface area contributed by atoms with E-state index in [-0.39, 0.29) is 6.10 Å². The van der Waals surface area contributed by atoms with E-state index in [0.29, 0.717) is 12.1 Å². The van der Waals surface area contributed by atoms with Gasteiger partial charge in [0.1, 0.15) is 0 Å². The van der Waals surface area contributed by atoms with Gasteiger partial charge < -0.3 is 10.0 Å². The molecule has 1 saturated heterocycles. The van der Waals surface area contributed by atoms with Crippen molar-refractivity contribution in [2.75, 3.05) is 26.7 Å². The Labute approximate surface area is 119 Å². The molecule has 0 amide bonds. The van der Waals surface area contributed by atoms with Crippen molar-refractivity contribution >= 4 is 0 Å². The molecule has 2 fully saturated rings. The quantitative estimate of drug-likeness (QED) is 0.851. The molecule has 19 heavy (non-hydrogen) atoms. The minimum atomic E-state index is -0.0970. The molecule has 0 aromatic carbocycles. The molecule has 1 N–H and O–H groups in total. The number of hydrogen-bond donors (Lipinski definition) is 1. The van der Waals surface area contributed by atoms with Gasteiger partial charge in [0, 0.05) is 25.2 Å². The Morgan fingerprint density at radius 1 is 1.11 bits per heavy atom. The molecule has 1 aliphatic carbocycles. The minimum absolute atomic E-state index is 0.0970. The first-order valence-electron chi connectivity index (χ1n) is 8.28. The second-order valence-electron chi connectivity index (χ2n) is 6.64. The lowest BCUT2D eigenvalue weighted by Gasteiger charge is -2.43. The predicted octanol–water partition coefficient (Wildman–Crippen LogP) is 2.34. The molecule has 0 bridgehead atoms. The molecule has 1 heterocycles. The van der Waals surface area contributed by atoms with Crippen molar-refractivity contribution in [3.8, 4) is 0 Å². The third kappa shape index (κ3) is 3.71. The molecule has 0 radical (unpaired) electrons. The Hall–Kier alpha value is -0.120. The Kier molecular flexibility index (Phi) is 5.67. The largest absolute Gasteiger partial charge is 0.391 e. The van der Waals surface area contributed by atoms with Gasteiger partial charge in [-0.2, -0.15) is 0 Å². The lowest BCUT2D eigenvalue weighted by atomic mass is 9.81. The summed E-state index contributed by atoms with van der Waals surface area (Å²) in [4.78, 5) is 5.11. The van der Waals surface area contributed by atoms with E-state index in [0.717, 1.165) is 18.9 Å². The molecule has 3 nitrogen and oxygen atoms in total. The lowest BCUT2D eigenvalue weighted by molar-refractivity contribution is -0.0166. The van der Waals surface area contributed by atoms with Crippen molar-refractivity contribution in [3.63, 3.8) is 0 Å². The summed E-state index contributed by atoms with van der Waals surface area (Å²) in [5.74, 6) is 0.826. The van der Waals surface area contributed by atoms with Crippen molar-refractivity contribution in [2.24, 2.45) is 5.92 Å². The molecular formula is C16H32N2O. The Morgan fingerprint density at radius 2 is 1.89 bits per heavy atom. The van der Waals surface area contributed by atoms with Gasteiger partial charge in [0.25, 0.3) is 0 Å². The molecule has 2 rings (SSSR count). The van der Waals surface area contributed by atoms with Gasteiger partial charge in [-0.05, 0) is 51.6 Å². The molecule has 2 aliphatic rings. The van der Waals surface area contributed by atoms with Gasteiger partial charge >= 0.3 is 0 Å². The summed E-state index contributed by atoms with van der Waals surface area (Å²) in [5, 5.41) is 10.5. The zero-order valence-electron chi connectivity index (χ0n) is 13.0. The van der Waals surface area contributed by atoms with Crippen LogP contribution in [0.1, 0.15) is 52.4 Å². The van der Waals surface area contributed by atoms with Gasteiger partial charge in [0.2, 0.25) is 0 Å². The molecule has 4 unspecified atom stereocenters. The molecule has 1 saturated carbocycles. The number of rotatable bonds is 3. The Bertz CT molecular complexity index is 271. The average molecular weight is 268 g/mol. The summed E-state index contributed by atoms with van der Waals surface area (Å²) in [7, 11) is 2.23. The molecule has 0 spiro atoms. The number of likely N-dealkylation sites (N-methyl/N-ethyl adjacent to an activating group) is 1. The second-order valence-corrected chi connectivity index (χ2v) is 6.64. The maximum Gasteiger partial charge on any atom is 0.0695 e. The third-order valence-corrected chi connectivity index (χ3v) is 5.31. The summed E-state index contributed by atoms with van der Waals surface area (Å²) in [6.45, 7) is 8.13. The summed E-state index contributed by atoms with van der Waals surface area (Å²) in [5.41, 5.74) is 0. The SMILES string of the molecule is CCC1CCC(O)C(N2CCCN(C)CC2CC)C1. The smallest absolute Gasteiger partial charge is 0.0695 e. The molecule has 0 aromatic rings. The first kappa shape index (κ1) is 15.3. The Balaban J connectivity index is 2.07. The average Bonchev–Trinajstić information content (AvgIpc) is 2.60. The summed E-state index contributed by atoms with van der Waals surface area (Å²) in [6, 6.07) is 1.04. The van der Waals surface area contributed by atoms with Crippen molar-refractivity contribution in [1.82, 2.24) is 9.80 Å². The summed E-state index contributed by atoms with van der Waals surface area (Å²) >= 11 is 0. The van der Waals surface area contributed by atoms with E-state index in [1.807, 2.05) is 0 Å². The van der Waals surface area contributed by atoms with Gasteiger partial charge in [0.05, 0.1) is 6.10 Å². The monoisotopic (exact) mass is 268 g/mol. The van der Waals surface area contributed by atoms with Crippen LogP contribution in [-0.4, -0.2) is 59.8 Å². The molecule has 0 aromatic heterocycles. The second kappa shape index (κ2) is 7.05. The number of aliphatic hydroxyl groups excluding tert-OH is 1. The van der Waals surface area contributed by atoms with Crippen LogP contribution in [0.5, 0.6) is 0 Å². The van der Waals surface area contributed by atoms with Crippen LogP contribution in [0.2, 0.25) is 0 Å². The highest BCUT2D eigenvalue weighted by molar-refractivity contribution is 4.91. The number of hydrogen-bond acceptors (Lipinski definition) is 3. The van der Waals surface area contributed by atoms with E-state index < -0.39 is 0 Å². The highest BCUT2D eigenvalue weighted by Crippen LogP contribution is 2.32. The first-order valence-corrected chi connectivity index (χ1v) is 8.28. The van der Waals surface area contributed by atoms with Gasteiger partial charge in [0.15, 0.2) is 0 Å². The summed E-state index contributed by atoms with van der Waals surface area (Å²) in [6.07, 6.45) is 7.05. The number of nitrogens with zero attached hydrogens (tertiary/aromatic N) is 2. The lowest BCUT2D eigenvalue weighted by Crippen LogP contribution is -2.53. The minimum Gasteiger partial charge on any atom is -0.391 e. The predicted molar refractivity (Wildman–Crippen MR) is 80.3 cm³/mol. The zero-order valence-corrected chi connectivity index (χ0v) is 13.0. The van der Waals surface area contributed by atoms with Crippen LogP contribution in [-0.2, 0) is 0 Å². The Morgan fingerprint density at radius 3 is 2.58 bits per heavy atom. The van der Waals surface area contributed by atoms with Crippen LogP contribution >= 0.6 is 0 Å². The normalized spacial score (nSPS) is 39.2. The van der Waals surface area contributed by atoms with E-state index in [1.54, 1.807) is 0 Å².